The quantitative estimate of drug-likeness (QED) is 0.190. The number of aliphatic hydroxyl groups excluding tert-OH is 1. The summed E-state index contributed by atoms with van der Waals surface area (Å²) in [5.41, 5.74) is 1.91. The Morgan fingerprint density at radius 3 is 2.13 bits per heavy atom. The lowest BCUT2D eigenvalue weighted by atomic mass is 9.84. The molecule has 1 saturated carbocycles. The molecule has 0 spiro atoms. The Kier molecular flexibility index (Phi) is 9.00. The third kappa shape index (κ3) is 6.95. The number of aliphatic hydroxyl groups is 1. The van der Waals surface area contributed by atoms with Crippen LogP contribution in [0.25, 0.3) is 11.1 Å². The molecule has 45 heavy (non-hydrogen) atoms. The number of rotatable bonds is 13. The van der Waals surface area contributed by atoms with Crippen LogP contribution in [0.4, 0.5) is 0 Å². The number of hydrogen-bond donors (Lipinski definition) is 2. The van der Waals surface area contributed by atoms with Gasteiger partial charge in [0.25, 0.3) is 5.91 Å². The fourth-order valence-electron chi connectivity index (χ4n) is 5.42. The molecular weight excluding hydrogens is 588 g/mol. The first-order valence-corrected chi connectivity index (χ1v) is 16.9. The lowest BCUT2D eigenvalue weighted by Crippen LogP contribution is -2.50. The van der Waals surface area contributed by atoms with Crippen LogP contribution in [0.15, 0.2) is 119 Å². The molecule has 0 unspecified atom stereocenters. The second-order valence-corrected chi connectivity index (χ2v) is 13.5. The van der Waals surface area contributed by atoms with E-state index in [1.54, 1.807) is 54.6 Å². The number of hydrogen-bond acceptors (Lipinski definition) is 7. The van der Waals surface area contributed by atoms with Gasteiger partial charge in [-0.15, -0.1) is 0 Å². The second-order valence-electron chi connectivity index (χ2n) is 11.4. The highest BCUT2D eigenvalue weighted by Gasteiger charge is 2.54. The SMILES string of the molecule is O=C(NC1CC1)[C@]1(CCS(=O)(=O)c2ccccc2)N=C(c2ccc(OCCCO)cc2)O[C@@H]1c1ccc(-c2ccccc2)cc1. The number of amides is 1. The van der Waals surface area contributed by atoms with Crippen molar-refractivity contribution >= 4 is 21.6 Å². The van der Waals surface area contributed by atoms with Crippen LogP contribution in [0, 0.1) is 0 Å². The predicted molar refractivity (Wildman–Crippen MR) is 173 cm³/mol. The number of sulfone groups is 1. The fraction of sp³-hybridized carbons (Fsp3) is 0.278. The van der Waals surface area contributed by atoms with Gasteiger partial charge in [-0.05, 0) is 65.9 Å². The number of nitrogens with one attached hydrogen (secondary N) is 1. The van der Waals surface area contributed by atoms with Crippen LogP contribution >= 0.6 is 0 Å². The molecule has 6 rings (SSSR count). The Labute approximate surface area is 263 Å². The molecule has 1 amide bonds. The summed E-state index contributed by atoms with van der Waals surface area (Å²) in [6, 6.07) is 33.3. The molecule has 2 aliphatic rings. The van der Waals surface area contributed by atoms with Crippen LogP contribution in [-0.4, -0.2) is 55.9 Å². The minimum Gasteiger partial charge on any atom is -0.494 e. The zero-order chi connectivity index (χ0) is 31.3. The summed E-state index contributed by atoms with van der Waals surface area (Å²) < 4.78 is 39.2. The maximum atomic E-state index is 14.2. The molecule has 1 aliphatic heterocycles. The van der Waals surface area contributed by atoms with Gasteiger partial charge in [-0.2, -0.15) is 0 Å². The fourth-order valence-corrected chi connectivity index (χ4v) is 6.81. The van der Waals surface area contributed by atoms with Crippen molar-refractivity contribution in [1.82, 2.24) is 5.32 Å². The van der Waals surface area contributed by atoms with E-state index in [1.165, 1.54) is 0 Å². The van der Waals surface area contributed by atoms with E-state index < -0.39 is 21.5 Å². The molecule has 9 heteroatoms. The van der Waals surface area contributed by atoms with Crippen LogP contribution in [0.5, 0.6) is 5.75 Å². The minimum atomic E-state index is -3.72. The van der Waals surface area contributed by atoms with Crippen LogP contribution < -0.4 is 10.1 Å². The second kappa shape index (κ2) is 13.3. The summed E-state index contributed by atoms with van der Waals surface area (Å²) >= 11 is 0. The number of carbonyl (C=O) groups excluding carboxylic acids is 1. The molecular formula is C36H36N2O6S. The van der Waals surface area contributed by atoms with E-state index in [-0.39, 0.29) is 41.5 Å². The van der Waals surface area contributed by atoms with Gasteiger partial charge in [0.15, 0.2) is 21.5 Å². The molecule has 2 atom stereocenters. The molecule has 2 N–H and O–H groups in total. The van der Waals surface area contributed by atoms with Gasteiger partial charge in [-0.25, -0.2) is 13.4 Å². The molecule has 0 aromatic heterocycles. The first-order valence-electron chi connectivity index (χ1n) is 15.2. The van der Waals surface area contributed by atoms with Crippen molar-refractivity contribution in [2.45, 2.75) is 48.3 Å². The average molecular weight is 625 g/mol. The number of aliphatic imine (C=N–C) groups is 1. The molecule has 1 aliphatic carbocycles. The van der Waals surface area contributed by atoms with Crippen molar-refractivity contribution in [3.63, 3.8) is 0 Å². The maximum Gasteiger partial charge on any atom is 0.252 e. The molecule has 232 valence electrons. The third-order valence-electron chi connectivity index (χ3n) is 8.12. The lowest BCUT2D eigenvalue weighted by molar-refractivity contribution is -0.129. The Morgan fingerprint density at radius 1 is 0.867 bits per heavy atom. The summed E-state index contributed by atoms with van der Waals surface area (Å²) in [4.78, 5) is 19.3. The highest BCUT2D eigenvalue weighted by atomic mass is 32.2. The molecule has 8 nitrogen and oxygen atoms in total. The number of ether oxygens (including phenoxy) is 2. The van der Waals surface area contributed by atoms with Crippen molar-refractivity contribution in [3.8, 4) is 16.9 Å². The maximum absolute atomic E-state index is 14.2. The van der Waals surface area contributed by atoms with E-state index in [0.29, 0.717) is 24.3 Å². The van der Waals surface area contributed by atoms with Crippen LogP contribution in [0.2, 0.25) is 0 Å². The number of benzene rings is 4. The van der Waals surface area contributed by atoms with Gasteiger partial charge in [0.1, 0.15) is 5.75 Å². The van der Waals surface area contributed by atoms with E-state index in [9.17, 15) is 13.2 Å². The van der Waals surface area contributed by atoms with Crippen molar-refractivity contribution in [1.29, 1.82) is 0 Å². The number of carbonyl (C=O) groups is 1. The van der Waals surface area contributed by atoms with Gasteiger partial charge in [-0.3, -0.25) is 4.79 Å². The Hall–Kier alpha value is -4.47. The van der Waals surface area contributed by atoms with Crippen molar-refractivity contribution in [2.75, 3.05) is 19.0 Å². The first-order chi connectivity index (χ1) is 21.9. The van der Waals surface area contributed by atoms with Gasteiger partial charge < -0.3 is 19.9 Å². The minimum absolute atomic E-state index is 0.0378. The normalized spacial score (nSPS) is 19.4. The molecule has 0 bridgehead atoms. The largest absolute Gasteiger partial charge is 0.494 e. The monoisotopic (exact) mass is 624 g/mol. The summed E-state index contributed by atoms with van der Waals surface area (Å²) in [6.07, 6.45) is 1.33. The van der Waals surface area contributed by atoms with Crippen molar-refractivity contribution in [3.05, 3.63) is 120 Å². The summed E-state index contributed by atoms with van der Waals surface area (Å²) in [7, 11) is -3.72. The highest BCUT2D eigenvalue weighted by molar-refractivity contribution is 7.91. The van der Waals surface area contributed by atoms with E-state index >= 15 is 0 Å². The van der Waals surface area contributed by atoms with Crippen LogP contribution in [0.1, 0.15) is 42.9 Å². The predicted octanol–water partition coefficient (Wildman–Crippen LogP) is 5.51. The van der Waals surface area contributed by atoms with Gasteiger partial charge in [-0.1, -0.05) is 72.8 Å². The number of nitrogens with zero attached hydrogens (tertiary/aromatic N) is 1. The summed E-state index contributed by atoms with van der Waals surface area (Å²) in [5.74, 6) is 0.262. The van der Waals surface area contributed by atoms with Crippen LogP contribution in [-0.2, 0) is 19.4 Å². The smallest absolute Gasteiger partial charge is 0.252 e. The topological polar surface area (TPSA) is 114 Å². The molecule has 0 radical (unpaired) electrons. The van der Waals surface area contributed by atoms with Gasteiger partial charge in [0.2, 0.25) is 5.90 Å². The average Bonchev–Trinajstić information content (AvgIpc) is 3.81. The zero-order valence-electron chi connectivity index (χ0n) is 24.8. The highest BCUT2D eigenvalue weighted by Crippen LogP contribution is 2.44. The van der Waals surface area contributed by atoms with E-state index in [0.717, 1.165) is 29.5 Å². The molecule has 1 fully saturated rings. The van der Waals surface area contributed by atoms with E-state index in [1.807, 2.05) is 54.6 Å². The standard InChI is InChI=1S/C36H36N2O6S/c39-23-7-24-43-31-20-16-29(17-21-31)34-38-36(35(40)37-30-18-19-30,22-25-45(41,42)32-10-5-2-6-11-32)33(44-34)28-14-12-27(13-15-28)26-8-3-1-4-9-26/h1-6,8-17,20-21,30,33,39H,7,18-19,22-25H2,(H,37,40)/t33-,36-/m1/s1. The first kappa shape index (κ1) is 30.6. The Morgan fingerprint density at radius 2 is 1.49 bits per heavy atom. The van der Waals surface area contributed by atoms with E-state index in [4.69, 9.17) is 19.6 Å². The third-order valence-corrected chi connectivity index (χ3v) is 9.85. The Bertz CT molecular complexity index is 1740. The molecule has 4 aromatic carbocycles. The van der Waals surface area contributed by atoms with Crippen LogP contribution in [0.3, 0.4) is 0 Å². The Balaban J connectivity index is 1.38. The van der Waals surface area contributed by atoms with Crippen molar-refractivity contribution < 1.29 is 27.8 Å². The summed E-state index contributed by atoms with van der Waals surface area (Å²) in [5, 5.41) is 12.2. The van der Waals surface area contributed by atoms with Gasteiger partial charge in [0.05, 0.1) is 17.3 Å². The summed E-state index contributed by atoms with van der Waals surface area (Å²) in [6.45, 7) is 0.427. The van der Waals surface area contributed by atoms with Crippen molar-refractivity contribution in [2.24, 2.45) is 4.99 Å². The zero-order valence-corrected chi connectivity index (χ0v) is 25.7. The van der Waals surface area contributed by atoms with Gasteiger partial charge >= 0.3 is 0 Å². The molecule has 0 saturated heterocycles. The lowest BCUT2D eigenvalue weighted by Gasteiger charge is -2.30. The molecule has 4 aromatic rings. The van der Waals surface area contributed by atoms with E-state index in [2.05, 4.69) is 5.32 Å². The molecule has 1 heterocycles. The van der Waals surface area contributed by atoms with Gasteiger partial charge in [0, 0.05) is 31.1 Å².